The standard InChI is InChI=1S/C18H18N2O/c1-15(12-13-16-8-4-2-5-9-16)19-20-18(21)14-17-10-6-3-7-11-17/h2-13H,14H2,1H3,(H,20,21)/b13-12-,19-15?. The normalized spacial score (nSPS) is 11.6. The van der Waals surface area contributed by atoms with Gasteiger partial charge in [-0.05, 0) is 24.1 Å². The van der Waals surface area contributed by atoms with E-state index < -0.39 is 0 Å². The molecule has 0 aliphatic rings. The Bertz CT molecular complexity index is 631. The Hall–Kier alpha value is -2.68. The molecule has 3 heteroatoms. The van der Waals surface area contributed by atoms with Gasteiger partial charge in [0.25, 0.3) is 0 Å². The highest BCUT2D eigenvalue weighted by Gasteiger charge is 2.00. The van der Waals surface area contributed by atoms with Gasteiger partial charge in [0.2, 0.25) is 5.91 Å². The van der Waals surface area contributed by atoms with Crippen LogP contribution in [0, 0.1) is 0 Å². The van der Waals surface area contributed by atoms with Crippen LogP contribution < -0.4 is 5.43 Å². The number of carbonyl (C=O) groups is 1. The van der Waals surface area contributed by atoms with Crippen LogP contribution in [0.15, 0.2) is 71.8 Å². The van der Waals surface area contributed by atoms with Crippen molar-refractivity contribution in [1.82, 2.24) is 5.43 Å². The first-order valence-corrected chi connectivity index (χ1v) is 6.84. The van der Waals surface area contributed by atoms with Gasteiger partial charge in [0.1, 0.15) is 0 Å². The molecule has 1 amide bonds. The van der Waals surface area contributed by atoms with Crippen molar-refractivity contribution in [2.75, 3.05) is 0 Å². The Labute approximate surface area is 125 Å². The molecular weight excluding hydrogens is 260 g/mol. The highest BCUT2D eigenvalue weighted by Crippen LogP contribution is 2.01. The molecule has 2 aromatic carbocycles. The first kappa shape index (κ1) is 14.7. The second-order valence-corrected chi connectivity index (χ2v) is 4.69. The summed E-state index contributed by atoms with van der Waals surface area (Å²) >= 11 is 0. The zero-order valence-corrected chi connectivity index (χ0v) is 12.0. The molecule has 0 atom stereocenters. The van der Waals surface area contributed by atoms with Crippen molar-refractivity contribution in [1.29, 1.82) is 0 Å². The van der Waals surface area contributed by atoms with E-state index in [9.17, 15) is 4.79 Å². The molecule has 0 saturated carbocycles. The van der Waals surface area contributed by atoms with Crippen LogP contribution in [0.25, 0.3) is 6.08 Å². The topological polar surface area (TPSA) is 41.5 Å². The Morgan fingerprint density at radius 1 is 1.05 bits per heavy atom. The van der Waals surface area contributed by atoms with Gasteiger partial charge in [0.05, 0.1) is 12.1 Å². The van der Waals surface area contributed by atoms with Crippen molar-refractivity contribution >= 4 is 17.7 Å². The third kappa shape index (κ3) is 5.45. The maximum absolute atomic E-state index is 11.7. The molecule has 21 heavy (non-hydrogen) atoms. The number of carbonyl (C=O) groups excluding carboxylic acids is 1. The zero-order valence-electron chi connectivity index (χ0n) is 12.0. The molecule has 2 aromatic rings. The van der Waals surface area contributed by atoms with Crippen LogP contribution in [0.3, 0.4) is 0 Å². The molecular formula is C18H18N2O. The molecule has 0 aromatic heterocycles. The lowest BCUT2D eigenvalue weighted by atomic mass is 10.1. The molecule has 0 heterocycles. The second kappa shape index (κ2) is 7.80. The fourth-order valence-electron chi connectivity index (χ4n) is 1.79. The van der Waals surface area contributed by atoms with Gasteiger partial charge >= 0.3 is 0 Å². The van der Waals surface area contributed by atoms with E-state index in [0.717, 1.165) is 16.8 Å². The molecule has 1 N–H and O–H groups in total. The minimum atomic E-state index is -0.117. The third-order valence-electron chi connectivity index (χ3n) is 2.88. The summed E-state index contributed by atoms with van der Waals surface area (Å²) in [6, 6.07) is 19.6. The summed E-state index contributed by atoms with van der Waals surface area (Å²) in [6.45, 7) is 1.85. The maximum atomic E-state index is 11.7. The molecule has 3 nitrogen and oxygen atoms in total. The van der Waals surface area contributed by atoms with Gasteiger partial charge < -0.3 is 0 Å². The van der Waals surface area contributed by atoms with E-state index in [-0.39, 0.29) is 5.91 Å². The van der Waals surface area contributed by atoms with Gasteiger partial charge in [0, 0.05) is 0 Å². The van der Waals surface area contributed by atoms with Crippen LogP contribution in [-0.2, 0) is 11.2 Å². The zero-order chi connectivity index (χ0) is 14.9. The number of nitrogens with zero attached hydrogens (tertiary/aromatic N) is 1. The van der Waals surface area contributed by atoms with Crippen molar-refractivity contribution in [3.63, 3.8) is 0 Å². The van der Waals surface area contributed by atoms with E-state index in [1.807, 2.05) is 79.7 Å². The summed E-state index contributed by atoms with van der Waals surface area (Å²) in [7, 11) is 0. The van der Waals surface area contributed by atoms with Crippen LogP contribution in [0.2, 0.25) is 0 Å². The average molecular weight is 278 g/mol. The quantitative estimate of drug-likeness (QED) is 0.660. The SMILES string of the molecule is CC(/C=C\c1ccccc1)=NNC(=O)Cc1ccccc1. The Morgan fingerprint density at radius 2 is 1.67 bits per heavy atom. The summed E-state index contributed by atoms with van der Waals surface area (Å²) in [5.74, 6) is -0.117. The van der Waals surface area contributed by atoms with Crippen LogP contribution in [-0.4, -0.2) is 11.6 Å². The molecule has 0 bridgehead atoms. The number of hydrazone groups is 1. The lowest BCUT2D eigenvalue weighted by molar-refractivity contribution is -0.120. The molecule has 0 aliphatic heterocycles. The Morgan fingerprint density at radius 3 is 2.33 bits per heavy atom. The van der Waals surface area contributed by atoms with Gasteiger partial charge in [0.15, 0.2) is 0 Å². The minimum absolute atomic E-state index is 0.117. The van der Waals surface area contributed by atoms with Crippen LogP contribution in [0.4, 0.5) is 0 Å². The minimum Gasteiger partial charge on any atom is -0.273 e. The first-order chi connectivity index (χ1) is 10.2. The van der Waals surface area contributed by atoms with E-state index in [4.69, 9.17) is 0 Å². The number of hydrogen-bond acceptors (Lipinski definition) is 2. The van der Waals surface area contributed by atoms with Gasteiger partial charge in [-0.2, -0.15) is 5.10 Å². The van der Waals surface area contributed by atoms with Crippen molar-refractivity contribution in [3.05, 3.63) is 77.9 Å². The van der Waals surface area contributed by atoms with Crippen molar-refractivity contribution in [2.24, 2.45) is 5.10 Å². The van der Waals surface area contributed by atoms with Gasteiger partial charge in [-0.3, -0.25) is 4.79 Å². The Kier molecular flexibility index (Phi) is 5.47. The van der Waals surface area contributed by atoms with Crippen LogP contribution >= 0.6 is 0 Å². The molecule has 0 saturated heterocycles. The van der Waals surface area contributed by atoms with E-state index in [0.29, 0.717) is 6.42 Å². The first-order valence-electron chi connectivity index (χ1n) is 6.84. The largest absolute Gasteiger partial charge is 0.273 e. The lowest BCUT2D eigenvalue weighted by Crippen LogP contribution is -2.20. The molecule has 0 radical (unpaired) electrons. The van der Waals surface area contributed by atoms with E-state index >= 15 is 0 Å². The van der Waals surface area contributed by atoms with Crippen LogP contribution in [0.1, 0.15) is 18.1 Å². The number of amides is 1. The summed E-state index contributed by atoms with van der Waals surface area (Å²) in [5, 5.41) is 4.07. The highest BCUT2D eigenvalue weighted by atomic mass is 16.2. The average Bonchev–Trinajstić information content (AvgIpc) is 2.53. The fraction of sp³-hybridized carbons (Fsp3) is 0.111. The Balaban J connectivity index is 1.85. The predicted molar refractivity (Wildman–Crippen MR) is 86.9 cm³/mol. The van der Waals surface area contributed by atoms with Gasteiger partial charge in [-0.15, -0.1) is 0 Å². The van der Waals surface area contributed by atoms with Crippen molar-refractivity contribution in [2.45, 2.75) is 13.3 Å². The van der Waals surface area contributed by atoms with Crippen LogP contribution in [0.5, 0.6) is 0 Å². The van der Waals surface area contributed by atoms with Crippen molar-refractivity contribution < 1.29 is 4.79 Å². The number of benzene rings is 2. The number of rotatable bonds is 5. The monoisotopic (exact) mass is 278 g/mol. The molecule has 2 rings (SSSR count). The van der Waals surface area contributed by atoms with E-state index in [2.05, 4.69) is 10.5 Å². The molecule has 0 fully saturated rings. The van der Waals surface area contributed by atoms with Crippen molar-refractivity contribution in [3.8, 4) is 0 Å². The number of allylic oxidation sites excluding steroid dienone is 1. The van der Waals surface area contributed by atoms with E-state index in [1.165, 1.54) is 0 Å². The summed E-state index contributed by atoms with van der Waals surface area (Å²) in [6.07, 6.45) is 4.17. The van der Waals surface area contributed by atoms with E-state index in [1.54, 1.807) is 0 Å². The highest BCUT2D eigenvalue weighted by molar-refractivity contribution is 5.97. The summed E-state index contributed by atoms with van der Waals surface area (Å²) < 4.78 is 0. The van der Waals surface area contributed by atoms with Gasteiger partial charge in [-0.25, -0.2) is 5.43 Å². The summed E-state index contributed by atoms with van der Waals surface area (Å²) in [4.78, 5) is 11.7. The molecule has 106 valence electrons. The number of nitrogens with one attached hydrogen (secondary N) is 1. The maximum Gasteiger partial charge on any atom is 0.244 e. The summed E-state index contributed by atoms with van der Waals surface area (Å²) in [5.41, 5.74) is 5.39. The molecule has 0 unspecified atom stereocenters. The lowest BCUT2D eigenvalue weighted by Gasteiger charge is -2.00. The smallest absolute Gasteiger partial charge is 0.244 e. The molecule has 0 aliphatic carbocycles. The predicted octanol–water partition coefficient (Wildman–Crippen LogP) is 3.43. The second-order valence-electron chi connectivity index (χ2n) is 4.69. The van der Waals surface area contributed by atoms with Gasteiger partial charge in [-0.1, -0.05) is 66.7 Å². The fourth-order valence-corrected chi connectivity index (χ4v) is 1.79. The molecule has 0 spiro atoms. The third-order valence-corrected chi connectivity index (χ3v) is 2.88. The number of hydrogen-bond donors (Lipinski definition) is 1.